The molecule has 0 N–H and O–H groups in total. The van der Waals surface area contributed by atoms with Crippen LogP contribution in [0.5, 0.6) is 0 Å². The number of hydrogen-bond donors (Lipinski definition) is 0. The molecule has 10 heteroatoms. The van der Waals surface area contributed by atoms with Crippen LogP contribution in [0, 0.1) is 17.8 Å². The molecule has 0 aromatic heterocycles. The molecule has 0 aromatic carbocycles. The Morgan fingerprint density at radius 2 is 0.676 bits per heavy atom. The van der Waals surface area contributed by atoms with Crippen molar-refractivity contribution in [3.8, 4) is 0 Å². The molecule has 1 radical (unpaired) electrons. The third kappa shape index (κ3) is 32.1. The average Bonchev–Trinajstić information content (AvgIpc) is 2.66. The van der Waals surface area contributed by atoms with Crippen molar-refractivity contribution >= 4 is 35.3 Å². The summed E-state index contributed by atoms with van der Waals surface area (Å²) >= 11 is 0. The van der Waals surface area contributed by atoms with E-state index < -0.39 is 37.2 Å². The quantitative estimate of drug-likeness (QED) is 0.216. The molecule has 3 atom stereocenters. The Kier molecular flexibility index (Phi) is 27.7. The number of hydrogen-bond acceptors (Lipinski definition) is 9. The minimum absolute atomic E-state index is 0. The molecule has 3 unspecified atom stereocenters. The van der Waals surface area contributed by atoms with E-state index in [1.54, 1.807) is 0 Å². The van der Waals surface area contributed by atoms with Crippen molar-refractivity contribution < 1.29 is 61.2 Å². The zero-order chi connectivity index (χ0) is 26.6. The molecule has 9 nitrogen and oxygen atoms in total. The maximum absolute atomic E-state index is 10.8. The van der Waals surface area contributed by atoms with Crippen molar-refractivity contribution in [3.05, 3.63) is 0 Å². The van der Waals surface area contributed by atoms with Gasteiger partial charge < -0.3 is 29.7 Å². The van der Waals surface area contributed by atoms with Gasteiger partial charge in [-0.05, 0) is 17.8 Å². The van der Waals surface area contributed by atoms with Gasteiger partial charge in [-0.1, -0.05) is 60.8 Å². The van der Waals surface area contributed by atoms with Gasteiger partial charge in [0.15, 0.2) is 0 Å². The molecule has 34 heavy (non-hydrogen) atoms. The van der Waals surface area contributed by atoms with E-state index in [2.05, 4.69) is 0 Å². The van der Waals surface area contributed by atoms with E-state index in [4.69, 9.17) is 0 Å². The smallest absolute Gasteiger partial charge is 0.550 e. The van der Waals surface area contributed by atoms with Gasteiger partial charge in [-0.15, -0.1) is 0 Å². The molecule has 0 rings (SSSR count). The van der Waals surface area contributed by atoms with Gasteiger partial charge in [0.05, 0.1) is 0 Å². The van der Waals surface area contributed by atoms with Crippen LogP contribution in [0.4, 0.5) is 0 Å². The summed E-state index contributed by atoms with van der Waals surface area (Å²) in [5, 5.41) is 29.8. The molecular formula is C24H39FeO9. The first-order chi connectivity index (χ1) is 15.2. The SMILES string of the molecule is CCC(C)CC(=O)CC(=O)[O-].CCC(C)CC(=O)CC(=O)[O-].CCC(C)CC(=O)CC(=O)[O-].[Fe+3]. The second kappa shape index (κ2) is 24.1. The van der Waals surface area contributed by atoms with E-state index in [0.29, 0.717) is 19.3 Å². The van der Waals surface area contributed by atoms with Gasteiger partial charge in [0.25, 0.3) is 0 Å². The van der Waals surface area contributed by atoms with E-state index in [9.17, 15) is 44.1 Å². The van der Waals surface area contributed by atoms with Crippen LogP contribution in [0.2, 0.25) is 0 Å². The molecular weight excluding hydrogens is 488 g/mol. The number of carboxylic acid groups (broad SMARTS) is 3. The van der Waals surface area contributed by atoms with Crippen molar-refractivity contribution in [2.24, 2.45) is 17.8 Å². The molecule has 0 aromatic rings. The number of rotatable bonds is 15. The molecule has 197 valence electrons. The van der Waals surface area contributed by atoms with Gasteiger partial charge in [-0.2, -0.15) is 0 Å². The fourth-order valence-corrected chi connectivity index (χ4v) is 2.30. The van der Waals surface area contributed by atoms with Gasteiger partial charge in [0, 0.05) is 56.4 Å². The van der Waals surface area contributed by atoms with Crippen LogP contribution in [0.25, 0.3) is 0 Å². The molecule has 0 fully saturated rings. The van der Waals surface area contributed by atoms with Crippen molar-refractivity contribution in [1.82, 2.24) is 0 Å². The predicted molar refractivity (Wildman–Crippen MR) is 116 cm³/mol. The predicted octanol–water partition coefficient (Wildman–Crippen LogP) is 0.393. The Labute approximate surface area is 213 Å². The van der Waals surface area contributed by atoms with Crippen LogP contribution in [0.15, 0.2) is 0 Å². The Hall–Kier alpha value is -2.06. The number of carboxylic acids is 3. The Morgan fingerprint density at radius 1 is 0.500 bits per heavy atom. The summed E-state index contributed by atoms with van der Waals surface area (Å²) in [6.07, 6.45) is 2.44. The second-order valence-electron chi connectivity index (χ2n) is 8.42. The Morgan fingerprint density at radius 3 is 0.794 bits per heavy atom. The Balaban J connectivity index is -0.000000196. The van der Waals surface area contributed by atoms with Gasteiger partial charge >= 0.3 is 17.1 Å². The largest absolute Gasteiger partial charge is 3.00 e. The van der Waals surface area contributed by atoms with E-state index in [0.717, 1.165) is 19.3 Å². The second-order valence-corrected chi connectivity index (χ2v) is 8.42. The first-order valence-electron chi connectivity index (χ1n) is 11.3. The van der Waals surface area contributed by atoms with E-state index in [1.807, 2.05) is 41.5 Å². The van der Waals surface area contributed by atoms with Crippen LogP contribution in [-0.4, -0.2) is 35.3 Å². The number of carbonyl (C=O) groups excluding carboxylic acids is 6. The summed E-state index contributed by atoms with van der Waals surface area (Å²) in [4.78, 5) is 62.2. The maximum Gasteiger partial charge on any atom is 3.00 e. The number of ketones is 3. The fraction of sp³-hybridized carbons (Fsp3) is 0.750. The van der Waals surface area contributed by atoms with E-state index in [-0.39, 0.29) is 52.2 Å². The fourth-order valence-electron chi connectivity index (χ4n) is 2.30. The topological polar surface area (TPSA) is 172 Å². The van der Waals surface area contributed by atoms with Crippen LogP contribution in [0.1, 0.15) is 99.3 Å². The molecule has 0 amide bonds. The van der Waals surface area contributed by atoms with Gasteiger partial charge in [0.2, 0.25) is 0 Å². The van der Waals surface area contributed by atoms with Gasteiger partial charge in [0.1, 0.15) is 17.3 Å². The average molecular weight is 527 g/mol. The van der Waals surface area contributed by atoms with Crippen molar-refractivity contribution in [1.29, 1.82) is 0 Å². The number of aliphatic carboxylic acids is 3. The Bertz CT molecular complexity index is 546. The summed E-state index contributed by atoms with van der Waals surface area (Å²) in [7, 11) is 0. The zero-order valence-corrected chi connectivity index (χ0v) is 22.2. The van der Waals surface area contributed by atoms with E-state index in [1.165, 1.54) is 0 Å². The third-order valence-electron chi connectivity index (χ3n) is 4.84. The van der Waals surface area contributed by atoms with Crippen molar-refractivity contribution in [2.75, 3.05) is 0 Å². The monoisotopic (exact) mass is 527 g/mol. The molecule has 0 spiro atoms. The van der Waals surface area contributed by atoms with Crippen LogP contribution < -0.4 is 15.3 Å². The molecule has 0 aliphatic heterocycles. The molecule has 0 saturated carbocycles. The van der Waals surface area contributed by atoms with Gasteiger partial charge in [-0.3, -0.25) is 14.4 Å². The standard InChI is InChI=1S/3C8H14O3.Fe/c3*1-3-6(2)4-7(9)5-8(10)11;/h3*6H,3-5H2,1-2H3,(H,10,11);/q;;;+3/p-3. The summed E-state index contributed by atoms with van der Waals surface area (Å²) in [6.45, 7) is 11.7. The van der Waals surface area contributed by atoms with Crippen LogP contribution >= 0.6 is 0 Å². The summed E-state index contributed by atoms with van der Waals surface area (Å²) in [6, 6.07) is 0. The van der Waals surface area contributed by atoms with Crippen LogP contribution in [0.3, 0.4) is 0 Å². The van der Waals surface area contributed by atoms with Gasteiger partial charge in [-0.25, -0.2) is 0 Å². The first kappa shape index (κ1) is 39.2. The minimum atomic E-state index is -1.28. The van der Waals surface area contributed by atoms with E-state index >= 15 is 0 Å². The molecule has 0 heterocycles. The third-order valence-corrected chi connectivity index (χ3v) is 4.84. The molecule has 0 aliphatic carbocycles. The summed E-state index contributed by atoms with van der Waals surface area (Å²) in [5.74, 6) is -3.71. The molecule has 0 saturated heterocycles. The molecule has 0 bridgehead atoms. The zero-order valence-electron chi connectivity index (χ0n) is 21.1. The number of Topliss-reactive ketones (excluding diaryl/α,β-unsaturated/α-hetero) is 3. The summed E-state index contributed by atoms with van der Waals surface area (Å²) < 4.78 is 0. The first-order valence-corrected chi connectivity index (χ1v) is 11.3. The van der Waals surface area contributed by atoms with Crippen LogP contribution in [-0.2, 0) is 45.8 Å². The maximum atomic E-state index is 10.8. The summed E-state index contributed by atoms with van der Waals surface area (Å²) in [5.41, 5.74) is 0. The van der Waals surface area contributed by atoms with Crippen molar-refractivity contribution in [3.63, 3.8) is 0 Å². The minimum Gasteiger partial charge on any atom is -0.550 e. The molecule has 0 aliphatic rings. The normalized spacial score (nSPS) is 12.2. The van der Waals surface area contributed by atoms with Crippen molar-refractivity contribution in [2.45, 2.75) is 99.3 Å². The number of carbonyl (C=O) groups is 6.